The number of nitriles is 1. The van der Waals surface area contributed by atoms with Crippen LogP contribution in [-0.4, -0.2) is 38.3 Å². The molecule has 3 heterocycles. The van der Waals surface area contributed by atoms with E-state index in [1.165, 1.54) is 48.5 Å². The van der Waals surface area contributed by atoms with E-state index in [0.29, 0.717) is 30.0 Å². The number of rotatable bonds is 9. The van der Waals surface area contributed by atoms with Crippen LogP contribution in [0.3, 0.4) is 0 Å². The third-order valence-electron chi connectivity index (χ3n) is 7.32. The number of carbonyl (C=O) groups is 1. The average Bonchev–Trinajstić information content (AvgIpc) is 3.32. The molecule has 11 heteroatoms. The molecule has 0 saturated carbocycles. The molecule has 0 radical (unpaired) electrons. The number of hydrogen-bond donors (Lipinski definition) is 1. The first-order chi connectivity index (χ1) is 20.8. The Morgan fingerprint density at radius 1 is 1.05 bits per heavy atom. The largest absolute Gasteiger partial charge is 0.478 e. The fraction of sp³-hybridized carbons (Fsp3) is 0.188. The van der Waals surface area contributed by atoms with Gasteiger partial charge in [0, 0.05) is 30.2 Å². The van der Waals surface area contributed by atoms with Gasteiger partial charge in [0.1, 0.15) is 18.2 Å². The van der Waals surface area contributed by atoms with Crippen LogP contribution in [-0.2, 0) is 24.3 Å². The zero-order chi connectivity index (χ0) is 30.1. The number of imidazole rings is 1. The Morgan fingerprint density at radius 2 is 1.86 bits per heavy atom. The number of halogens is 3. The van der Waals surface area contributed by atoms with E-state index in [1.807, 2.05) is 6.07 Å². The van der Waals surface area contributed by atoms with Crippen LogP contribution in [0.1, 0.15) is 39.3 Å². The maximum Gasteiger partial charge on any atom is 0.335 e. The zero-order valence-electron chi connectivity index (χ0n) is 22.6. The minimum absolute atomic E-state index is 0.0421. The maximum absolute atomic E-state index is 15.5. The standard InChI is InChI=1S/C32H23F3N4O4/c33-24-12-18(15-36)4-5-21(24)17-43-29-3-1-2-25(38-29)23-8-6-19(30(34)31(23)35)14-28-37-26-9-7-20(32(40)41)13-27(26)39(28)16-22-10-11-42-22/h1-9,12-13,22H,10-11,14,16-17H2,(H,40,41). The minimum atomic E-state index is -1.10. The van der Waals surface area contributed by atoms with Gasteiger partial charge in [0.15, 0.2) is 11.6 Å². The molecule has 1 atom stereocenters. The summed E-state index contributed by atoms with van der Waals surface area (Å²) in [6.45, 7) is 0.853. The van der Waals surface area contributed by atoms with Gasteiger partial charge in [-0.1, -0.05) is 18.2 Å². The molecular formula is C32H23F3N4O4. The summed E-state index contributed by atoms with van der Waals surface area (Å²) in [7, 11) is 0. The summed E-state index contributed by atoms with van der Waals surface area (Å²) in [5, 5.41) is 18.3. The van der Waals surface area contributed by atoms with Crippen molar-refractivity contribution in [2.24, 2.45) is 0 Å². The molecule has 8 nitrogen and oxygen atoms in total. The number of carboxylic acids is 1. The number of ether oxygens (including phenoxy) is 2. The third-order valence-corrected chi connectivity index (χ3v) is 7.32. The highest BCUT2D eigenvalue weighted by molar-refractivity contribution is 5.92. The van der Waals surface area contributed by atoms with Gasteiger partial charge in [-0.05, 0) is 54.4 Å². The fourth-order valence-corrected chi connectivity index (χ4v) is 4.90. The Balaban J connectivity index is 1.26. The highest BCUT2D eigenvalue weighted by Gasteiger charge is 2.24. The van der Waals surface area contributed by atoms with Gasteiger partial charge < -0.3 is 19.1 Å². The Labute approximate surface area is 243 Å². The molecule has 43 heavy (non-hydrogen) atoms. The lowest BCUT2D eigenvalue weighted by molar-refractivity contribution is -0.0589. The van der Waals surface area contributed by atoms with Gasteiger partial charge >= 0.3 is 5.97 Å². The van der Waals surface area contributed by atoms with Crippen molar-refractivity contribution < 1.29 is 32.5 Å². The van der Waals surface area contributed by atoms with Crippen molar-refractivity contribution >= 4 is 17.0 Å². The SMILES string of the molecule is N#Cc1ccc(COc2cccc(-c3ccc(Cc4nc5ccc(C(=O)O)cc5n4CC4CCO4)c(F)c3F)n2)c(F)c1. The highest BCUT2D eigenvalue weighted by Crippen LogP contribution is 2.29. The van der Waals surface area contributed by atoms with Crippen molar-refractivity contribution in [3.63, 3.8) is 0 Å². The van der Waals surface area contributed by atoms with Crippen molar-refractivity contribution in [2.45, 2.75) is 32.1 Å². The molecule has 1 N–H and O–H groups in total. The summed E-state index contributed by atoms with van der Waals surface area (Å²) in [5.74, 6) is -3.31. The molecule has 2 aromatic heterocycles. The van der Waals surface area contributed by atoms with E-state index in [4.69, 9.17) is 14.7 Å². The Bertz CT molecular complexity index is 1910. The second kappa shape index (κ2) is 11.6. The maximum atomic E-state index is 15.5. The van der Waals surface area contributed by atoms with Gasteiger partial charge in [0.05, 0.1) is 46.6 Å². The molecule has 3 aromatic carbocycles. The lowest BCUT2D eigenvalue weighted by Crippen LogP contribution is -2.31. The molecule has 0 amide bonds. The van der Waals surface area contributed by atoms with Gasteiger partial charge in [0.25, 0.3) is 0 Å². The van der Waals surface area contributed by atoms with Crippen LogP contribution in [0.25, 0.3) is 22.3 Å². The Morgan fingerprint density at radius 3 is 2.58 bits per heavy atom. The van der Waals surface area contributed by atoms with E-state index in [-0.39, 0.29) is 58.5 Å². The van der Waals surface area contributed by atoms with Gasteiger partial charge in [-0.3, -0.25) is 0 Å². The number of aromatic carboxylic acids is 1. The molecule has 1 saturated heterocycles. The van der Waals surface area contributed by atoms with E-state index in [1.54, 1.807) is 16.7 Å². The first-order valence-corrected chi connectivity index (χ1v) is 13.4. The summed E-state index contributed by atoms with van der Waals surface area (Å²) >= 11 is 0. The Hall–Kier alpha value is -5.21. The summed E-state index contributed by atoms with van der Waals surface area (Å²) in [5.41, 5.74) is 1.70. The summed E-state index contributed by atoms with van der Waals surface area (Å²) in [6, 6.07) is 17.9. The minimum Gasteiger partial charge on any atom is -0.478 e. The van der Waals surface area contributed by atoms with Crippen LogP contribution < -0.4 is 4.74 Å². The van der Waals surface area contributed by atoms with E-state index in [0.717, 1.165) is 12.5 Å². The number of nitrogens with zero attached hydrogens (tertiary/aromatic N) is 4. The summed E-state index contributed by atoms with van der Waals surface area (Å²) in [6.07, 6.45) is 0.704. The number of fused-ring (bicyclic) bond motifs is 1. The van der Waals surface area contributed by atoms with Crippen LogP contribution in [0.2, 0.25) is 0 Å². The molecule has 6 rings (SSSR count). The quantitative estimate of drug-likeness (QED) is 0.225. The zero-order valence-corrected chi connectivity index (χ0v) is 22.6. The molecule has 1 aliphatic rings. The molecular weight excluding hydrogens is 561 g/mol. The molecule has 1 unspecified atom stereocenters. The van der Waals surface area contributed by atoms with Crippen LogP contribution >= 0.6 is 0 Å². The molecule has 0 aliphatic carbocycles. The highest BCUT2D eigenvalue weighted by atomic mass is 19.2. The van der Waals surface area contributed by atoms with Crippen molar-refractivity contribution in [1.82, 2.24) is 14.5 Å². The van der Waals surface area contributed by atoms with E-state index in [2.05, 4.69) is 9.97 Å². The summed E-state index contributed by atoms with van der Waals surface area (Å²) in [4.78, 5) is 20.4. The second-order valence-electron chi connectivity index (χ2n) is 10.1. The van der Waals surface area contributed by atoms with Crippen molar-refractivity contribution in [1.29, 1.82) is 5.26 Å². The smallest absolute Gasteiger partial charge is 0.335 e. The van der Waals surface area contributed by atoms with Crippen molar-refractivity contribution in [3.05, 3.63) is 112 Å². The predicted octanol–water partition coefficient (Wildman–Crippen LogP) is 6.04. The molecule has 0 bridgehead atoms. The number of carboxylic acid groups (broad SMARTS) is 1. The van der Waals surface area contributed by atoms with Gasteiger partial charge in [-0.2, -0.15) is 5.26 Å². The van der Waals surface area contributed by atoms with Crippen LogP contribution in [0.4, 0.5) is 13.2 Å². The molecule has 216 valence electrons. The fourth-order valence-electron chi connectivity index (χ4n) is 4.90. The molecule has 1 aliphatic heterocycles. The second-order valence-corrected chi connectivity index (χ2v) is 10.1. The molecule has 5 aromatic rings. The lowest BCUT2D eigenvalue weighted by atomic mass is 10.0. The van der Waals surface area contributed by atoms with Gasteiger partial charge in [-0.15, -0.1) is 0 Å². The van der Waals surface area contributed by atoms with Crippen molar-refractivity contribution in [2.75, 3.05) is 6.61 Å². The first kappa shape index (κ1) is 27.9. The number of hydrogen-bond acceptors (Lipinski definition) is 6. The number of aromatic nitrogens is 3. The predicted molar refractivity (Wildman–Crippen MR) is 149 cm³/mol. The molecule has 1 fully saturated rings. The topological polar surface area (TPSA) is 110 Å². The Kier molecular flexibility index (Phi) is 7.52. The first-order valence-electron chi connectivity index (χ1n) is 13.4. The van der Waals surface area contributed by atoms with Crippen molar-refractivity contribution in [3.8, 4) is 23.2 Å². The normalized spacial score (nSPS) is 14.3. The van der Waals surface area contributed by atoms with E-state index >= 15 is 8.78 Å². The van der Waals surface area contributed by atoms with Crippen LogP contribution in [0.15, 0.2) is 66.7 Å². The summed E-state index contributed by atoms with van der Waals surface area (Å²) < 4.78 is 58.1. The van der Waals surface area contributed by atoms with Crippen LogP contribution in [0.5, 0.6) is 5.88 Å². The monoisotopic (exact) mass is 584 g/mol. The van der Waals surface area contributed by atoms with Gasteiger partial charge in [0.2, 0.25) is 5.88 Å². The lowest BCUT2D eigenvalue weighted by Gasteiger charge is -2.27. The average molecular weight is 585 g/mol. The molecule has 0 spiro atoms. The number of pyridine rings is 1. The van der Waals surface area contributed by atoms with Gasteiger partial charge in [-0.25, -0.2) is 27.9 Å². The van der Waals surface area contributed by atoms with E-state index in [9.17, 15) is 14.3 Å². The van der Waals surface area contributed by atoms with E-state index < -0.39 is 23.4 Å². The van der Waals surface area contributed by atoms with Crippen LogP contribution in [0, 0.1) is 28.8 Å². The number of benzene rings is 3. The third kappa shape index (κ3) is 5.65.